The lowest BCUT2D eigenvalue weighted by Gasteiger charge is -2.12. The fraction of sp³-hybridized carbons (Fsp3) is 0.111. The van der Waals surface area contributed by atoms with E-state index in [0.717, 1.165) is 0 Å². The van der Waals surface area contributed by atoms with Crippen LogP contribution in [0.4, 0.5) is 0 Å². The molecule has 0 spiro atoms. The van der Waals surface area contributed by atoms with Gasteiger partial charge in [0.2, 0.25) is 11.5 Å². The van der Waals surface area contributed by atoms with E-state index in [9.17, 15) is 9.90 Å². The molecule has 4 heteroatoms. The minimum atomic E-state index is -0.612. The lowest BCUT2D eigenvalue weighted by Crippen LogP contribution is -2.17. The predicted octanol–water partition coefficient (Wildman–Crippen LogP) is 1.15. The van der Waals surface area contributed by atoms with Crippen LogP contribution >= 0.6 is 0 Å². The number of pyridine rings is 1. The summed E-state index contributed by atoms with van der Waals surface area (Å²) in [6.07, 6.45) is 1.65. The number of Topliss-reactive ketones (excluding diaryl/α,β-unsaturated/α-hetero) is 1. The van der Waals surface area contributed by atoms with Crippen LogP contribution in [-0.2, 0) is 6.42 Å². The second kappa shape index (κ2) is 2.58. The number of carbonyl (C=O) groups is 1. The lowest BCUT2D eigenvalue weighted by molar-refractivity contribution is 0.0951. The van der Waals surface area contributed by atoms with Crippen molar-refractivity contribution in [2.75, 3.05) is 0 Å². The van der Waals surface area contributed by atoms with E-state index in [1.54, 1.807) is 12.1 Å². The Hall–Kier alpha value is -1.84. The zero-order valence-corrected chi connectivity index (χ0v) is 6.69. The smallest absolute Gasteiger partial charge is 0.249 e. The Morgan fingerprint density at radius 2 is 2.15 bits per heavy atom. The minimum Gasteiger partial charge on any atom is -0.508 e. The van der Waals surface area contributed by atoms with Crippen LogP contribution in [0.2, 0.25) is 0 Å². The number of hydrogen-bond donors (Lipinski definition) is 2. The number of carbonyl (C=O) groups excluding carboxylic acids is 1. The summed E-state index contributed by atoms with van der Waals surface area (Å²) in [5.74, 6) is -1.49. The molecule has 2 N–H and O–H groups in total. The number of nitrogens with zero attached hydrogens (tertiary/aromatic N) is 1. The van der Waals surface area contributed by atoms with Gasteiger partial charge in [-0.05, 0) is 11.6 Å². The highest BCUT2D eigenvalue weighted by Gasteiger charge is 2.26. The molecule has 4 nitrogen and oxygen atoms in total. The molecule has 0 aliphatic heterocycles. The molecule has 0 bridgehead atoms. The van der Waals surface area contributed by atoms with Crippen LogP contribution in [0.25, 0.3) is 0 Å². The van der Waals surface area contributed by atoms with Gasteiger partial charge < -0.3 is 10.2 Å². The minimum absolute atomic E-state index is 0.167. The van der Waals surface area contributed by atoms with E-state index in [2.05, 4.69) is 4.98 Å². The Morgan fingerprint density at radius 1 is 1.38 bits per heavy atom. The predicted molar refractivity (Wildman–Crippen MR) is 44.6 cm³/mol. The van der Waals surface area contributed by atoms with Gasteiger partial charge in [-0.3, -0.25) is 9.78 Å². The number of aliphatic hydroxyl groups is 2. The fourth-order valence-corrected chi connectivity index (χ4v) is 1.29. The number of ketones is 1. The zero-order chi connectivity index (χ0) is 9.42. The van der Waals surface area contributed by atoms with Gasteiger partial charge in [0.25, 0.3) is 0 Å². The van der Waals surface area contributed by atoms with Gasteiger partial charge in [-0.15, -0.1) is 0 Å². The first-order chi connectivity index (χ1) is 6.20. The number of hydrogen-bond acceptors (Lipinski definition) is 4. The molecule has 2 rings (SSSR count). The number of aliphatic hydroxyl groups excluding tert-OH is 2. The monoisotopic (exact) mass is 177 g/mol. The van der Waals surface area contributed by atoms with E-state index < -0.39 is 11.5 Å². The number of fused-ring (bicyclic) bond motifs is 1. The first-order valence-corrected chi connectivity index (χ1v) is 3.80. The molecule has 1 heterocycles. The topological polar surface area (TPSA) is 70.4 Å². The summed E-state index contributed by atoms with van der Waals surface area (Å²) in [5.41, 5.74) is 0.862. The van der Waals surface area contributed by atoms with Gasteiger partial charge >= 0.3 is 0 Å². The molecular weight excluding hydrogens is 170 g/mol. The zero-order valence-electron chi connectivity index (χ0n) is 6.69. The van der Waals surface area contributed by atoms with E-state index in [-0.39, 0.29) is 17.9 Å². The summed E-state index contributed by atoms with van der Waals surface area (Å²) in [6, 6.07) is 3.38. The Labute approximate surface area is 74.2 Å². The molecule has 1 aliphatic carbocycles. The normalized spacial score (nSPS) is 15.8. The first-order valence-electron chi connectivity index (χ1n) is 3.80. The van der Waals surface area contributed by atoms with Gasteiger partial charge in [-0.25, -0.2) is 0 Å². The summed E-state index contributed by atoms with van der Waals surface area (Å²) in [7, 11) is 0. The van der Waals surface area contributed by atoms with E-state index in [0.29, 0.717) is 5.56 Å². The fourth-order valence-electron chi connectivity index (χ4n) is 1.29. The maximum atomic E-state index is 11.3. The van der Waals surface area contributed by atoms with Gasteiger partial charge in [-0.2, -0.15) is 0 Å². The van der Waals surface area contributed by atoms with Gasteiger partial charge in [0.15, 0.2) is 0 Å². The van der Waals surface area contributed by atoms with Crippen molar-refractivity contribution in [2.45, 2.75) is 6.42 Å². The van der Waals surface area contributed by atoms with Gasteiger partial charge in [-0.1, -0.05) is 6.07 Å². The number of aromatic nitrogens is 1. The van der Waals surface area contributed by atoms with Crippen LogP contribution in [0.3, 0.4) is 0 Å². The summed E-state index contributed by atoms with van der Waals surface area (Å²) < 4.78 is 0. The van der Waals surface area contributed by atoms with Crippen LogP contribution in [0, 0.1) is 0 Å². The average molecular weight is 177 g/mol. The molecule has 0 radical (unpaired) electrons. The molecule has 1 aliphatic rings. The van der Waals surface area contributed by atoms with Gasteiger partial charge in [0.05, 0.1) is 0 Å². The molecular formula is C9H7NO3. The Morgan fingerprint density at radius 3 is 2.92 bits per heavy atom. The largest absolute Gasteiger partial charge is 0.508 e. The third-order valence-electron chi connectivity index (χ3n) is 1.95. The molecule has 1 aromatic rings. The van der Waals surface area contributed by atoms with Crippen molar-refractivity contribution >= 4 is 5.78 Å². The van der Waals surface area contributed by atoms with Crippen LogP contribution < -0.4 is 0 Å². The average Bonchev–Trinajstić information content (AvgIpc) is 2.15. The van der Waals surface area contributed by atoms with E-state index in [4.69, 9.17) is 5.11 Å². The van der Waals surface area contributed by atoms with Gasteiger partial charge in [0, 0.05) is 12.6 Å². The van der Waals surface area contributed by atoms with Crippen molar-refractivity contribution < 1.29 is 15.0 Å². The molecule has 0 fully saturated rings. The highest BCUT2D eigenvalue weighted by atomic mass is 16.3. The molecule has 0 aromatic carbocycles. The van der Waals surface area contributed by atoms with Crippen LogP contribution in [0.1, 0.15) is 16.1 Å². The lowest BCUT2D eigenvalue weighted by atomic mass is 9.98. The highest BCUT2D eigenvalue weighted by Crippen LogP contribution is 2.21. The summed E-state index contributed by atoms with van der Waals surface area (Å²) in [6.45, 7) is 0. The highest BCUT2D eigenvalue weighted by molar-refractivity contribution is 6.08. The summed E-state index contributed by atoms with van der Waals surface area (Å²) in [5, 5.41) is 18.3. The summed E-state index contributed by atoms with van der Waals surface area (Å²) >= 11 is 0. The molecule has 1 aromatic heterocycles. The SMILES string of the molecule is O=C1C(O)=C(O)Cc2cccnc21. The van der Waals surface area contributed by atoms with Crippen LogP contribution in [-0.4, -0.2) is 21.0 Å². The van der Waals surface area contributed by atoms with Crippen LogP contribution in [0.5, 0.6) is 0 Å². The molecule has 0 amide bonds. The Balaban J connectivity index is 2.59. The molecule has 0 atom stereocenters. The molecule has 66 valence electrons. The maximum absolute atomic E-state index is 11.3. The van der Waals surface area contributed by atoms with Crippen molar-refractivity contribution in [3.8, 4) is 0 Å². The standard InChI is InChI=1S/C9H7NO3/c11-6-4-5-2-1-3-10-7(5)9(13)8(6)12/h1-3,11-12H,4H2. The second-order valence-electron chi connectivity index (χ2n) is 2.81. The van der Waals surface area contributed by atoms with Crippen molar-refractivity contribution in [3.63, 3.8) is 0 Å². The van der Waals surface area contributed by atoms with E-state index in [1.165, 1.54) is 6.20 Å². The second-order valence-corrected chi connectivity index (χ2v) is 2.81. The third kappa shape index (κ3) is 1.07. The summed E-state index contributed by atoms with van der Waals surface area (Å²) in [4.78, 5) is 15.1. The number of allylic oxidation sites excluding steroid dienone is 2. The van der Waals surface area contributed by atoms with Crippen molar-refractivity contribution in [2.24, 2.45) is 0 Å². The molecule has 0 saturated carbocycles. The van der Waals surface area contributed by atoms with E-state index >= 15 is 0 Å². The molecule has 0 saturated heterocycles. The number of rotatable bonds is 0. The Kier molecular flexibility index (Phi) is 1.55. The van der Waals surface area contributed by atoms with Crippen LogP contribution in [0.15, 0.2) is 29.8 Å². The van der Waals surface area contributed by atoms with E-state index in [1.807, 2.05) is 0 Å². The van der Waals surface area contributed by atoms with Gasteiger partial charge in [0.1, 0.15) is 11.5 Å². The Bertz CT molecular complexity index is 409. The third-order valence-corrected chi connectivity index (χ3v) is 1.95. The quantitative estimate of drug-likeness (QED) is 0.623. The van der Waals surface area contributed by atoms with Crippen molar-refractivity contribution in [1.29, 1.82) is 0 Å². The molecule has 0 unspecified atom stereocenters. The maximum Gasteiger partial charge on any atom is 0.249 e. The van der Waals surface area contributed by atoms with Crippen molar-refractivity contribution in [3.05, 3.63) is 41.1 Å². The molecule has 13 heavy (non-hydrogen) atoms. The first kappa shape index (κ1) is 7.79. The van der Waals surface area contributed by atoms with Crippen molar-refractivity contribution in [1.82, 2.24) is 4.98 Å².